The predicted octanol–water partition coefficient (Wildman–Crippen LogP) is 1.96. The first kappa shape index (κ1) is 9.71. The molecule has 13 heavy (non-hydrogen) atoms. The fourth-order valence-corrected chi connectivity index (χ4v) is 3.73. The van der Waals surface area contributed by atoms with Crippen molar-refractivity contribution in [3.8, 4) is 0 Å². The summed E-state index contributed by atoms with van der Waals surface area (Å²) >= 11 is 3.89. The van der Waals surface area contributed by atoms with E-state index in [1.165, 1.54) is 17.9 Å². The molecule has 1 unspecified atom stereocenters. The maximum atomic E-state index is 4.72. The van der Waals surface area contributed by atoms with Gasteiger partial charge in [0.2, 0.25) is 0 Å². The minimum atomic E-state index is 0.245. The Bertz CT molecular complexity index is 220. The van der Waals surface area contributed by atoms with Crippen molar-refractivity contribution in [3.63, 3.8) is 0 Å². The third kappa shape index (κ3) is 2.56. The molecule has 2 aliphatic heterocycles. The molecule has 2 aliphatic rings. The molecule has 74 valence electrons. The molecular formula is C9H16N2S2. The van der Waals surface area contributed by atoms with Crippen LogP contribution < -0.4 is 5.32 Å². The van der Waals surface area contributed by atoms with E-state index in [-0.39, 0.29) is 5.54 Å². The second-order valence-corrected chi connectivity index (χ2v) is 6.36. The molecule has 2 rings (SSSR count). The smallest absolute Gasteiger partial charge is 0.157 e. The van der Waals surface area contributed by atoms with Crippen LogP contribution in [0.3, 0.4) is 0 Å². The van der Waals surface area contributed by atoms with Crippen LogP contribution in [0.15, 0.2) is 4.99 Å². The van der Waals surface area contributed by atoms with Crippen molar-refractivity contribution in [1.29, 1.82) is 0 Å². The van der Waals surface area contributed by atoms with Crippen LogP contribution in [-0.4, -0.2) is 34.0 Å². The predicted molar refractivity (Wildman–Crippen MR) is 62.8 cm³/mol. The lowest BCUT2D eigenvalue weighted by atomic mass is 10.1. The molecule has 0 bridgehead atoms. The molecule has 0 spiro atoms. The number of hydrogen-bond donors (Lipinski definition) is 1. The second kappa shape index (κ2) is 3.73. The minimum Gasteiger partial charge on any atom is -0.359 e. The van der Waals surface area contributed by atoms with E-state index in [9.17, 15) is 0 Å². The van der Waals surface area contributed by atoms with E-state index in [1.54, 1.807) is 0 Å². The zero-order valence-electron chi connectivity index (χ0n) is 8.17. The number of aliphatic imine (C=N–C) groups is 1. The summed E-state index contributed by atoms with van der Waals surface area (Å²) in [6, 6.07) is 0.578. The maximum Gasteiger partial charge on any atom is 0.157 e. The first-order valence-corrected chi connectivity index (χ1v) is 6.86. The highest BCUT2D eigenvalue weighted by molar-refractivity contribution is 8.14. The van der Waals surface area contributed by atoms with Gasteiger partial charge < -0.3 is 5.32 Å². The average molecular weight is 216 g/mol. The van der Waals surface area contributed by atoms with Crippen molar-refractivity contribution in [3.05, 3.63) is 0 Å². The zero-order valence-corrected chi connectivity index (χ0v) is 9.80. The molecule has 1 N–H and O–H groups in total. The first-order valence-electron chi connectivity index (χ1n) is 4.72. The standard InChI is InChI=1S/C9H16N2S2/c1-9(2)6-13-8(11-9)10-7-3-4-12-5-7/h7H,3-6H2,1-2H3,(H,10,11). The third-order valence-electron chi connectivity index (χ3n) is 2.22. The van der Waals surface area contributed by atoms with Gasteiger partial charge in [0.15, 0.2) is 5.17 Å². The van der Waals surface area contributed by atoms with E-state index in [1.807, 2.05) is 23.5 Å². The molecule has 2 nitrogen and oxygen atoms in total. The Labute approximate surface area is 88.3 Å². The zero-order chi connectivity index (χ0) is 9.31. The van der Waals surface area contributed by atoms with Gasteiger partial charge >= 0.3 is 0 Å². The van der Waals surface area contributed by atoms with Crippen molar-refractivity contribution >= 4 is 28.7 Å². The van der Waals surface area contributed by atoms with Crippen LogP contribution in [0.1, 0.15) is 20.3 Å². The molecule has 0 saturated carbocycles. The van der Waals surface area contributed by atoms with Gasteiger partial charge in [-0.1, -0.05) is 11.8 Å². The number of nitrogens with zero attached hydrogens (tertiary/aromatic N) is 1. The molecule has 1 atom stereocenters. The van der Waals surface area contributed by atoms with Gasteiger partial charge in [0.05, 0.1) is 6.04 Å². The van der Waals surface area contributed by atoms with Crippen LogP contribution in [0.25, 0.3) is 0 Å². The number of rotatable bonds is 1. The van der Waals surface area contributed by atoms with Gasteiger partial charge in [0, 0.05) is 17.0 Å². The van der Waals surface area contributed by atoms with Crippen molar-refractivity contribution in [2.75, 3.05) is 17.3 Å². The highest BCUT2D eigenvalue weighted by Gasteiger charge is 2.28. The van der Waals surface area contributed by atoms with Crippen LogP contribution in [0, 0.1) is 0 Å². The third-order valence-corrected chi connectivity index (χ3v) is 4.71. The largest absolute Gasteiger partial charge is 0.359 e. The summed E-state index contributed by atoms with van der Waals surface area (Å²) in [7, 11) is 0. The van der Waals surface area contributed by atoms with Crippen LogP contribution in [0.4, 0.5) is 0 Å². The Balaban J connectivity index is 1.94. The van der Waals surface area contributed by atoms with Crippen molar-refractivity contribution < 1.29 is 0 Å². The molecule has 0 amide bonds. The molecule has 4 heteroatoms. The molecular weight excluding hydrogens is 200 g/mol. The number of amidine groups is 1. The topological polar surface area (TPSA) is 24.4 Å². The number of thioether (sulfide) groups is 2. The van der Waals surface area contributed by atoms with Crippen LogP contribution in [0.2, 0.25) is 0 Å². The lowest BCUT2D eigenvalue weighted by Gasteiger charge is -2.16. The summed E-state index contributed by atoms with van der Waals surface area (Å²) in [6.07, 6.45) is 1.26. The monoisotopic (exact) mass is 216 g/mol. The van der Waals surface area contributed by atoms with E-state index in [0.29, 0.717) is 6.04 Å². The molecule has 0 radical (unpaired) electrons. The van der Waals surface area contributed by atoms with Crippen LogP contribution in [0.5, 0.6) is 0 Å². The molecule has 2 saturated heterocycles. The normalized spacial score (nSPS) is 35.2. The Morgan fingerprint density at radius 1 is 1.54 bits per heavy atom. The average Bonchev–Trinajstić information content (AvgIpc) is 2.61. The fraction of sp³-hybridized carbons (Fsp3) is 0.889. The fourth-order valence-electron chi connectivity index (χ4n) is 1.47. The summed E-state index contributed by atoms with van der Waals surface area (Å²) in [4.78, 5) is 4.72. The number of hydrogen-bond acceptors (Lipinski definition) is 3. The Morgan fingerprint density at radius 3 is 2.92 bits per heavy atom. The molecule has 0 aromatic heterocycles. The molecule has 0 aliphatic carbocycles. The maximum absolute atomic E-state index is 4.72. The van der Waals surface area contributed by atoms with Gasteiger partial charge in [-0.3, -0.25) is 4.99 Å². The Morgan fingerprint density at radius 2 is 2.38 bits per heavy atom. The van der Waals surface area contributed by atoms with Gasteiger partial charge in [-0.2, -0.15) is 11.8 Å². The van der Waals surface area contributed by atoms with E-state index in [2.05, 4.69) is 19.2 Å². The van der Waals surface area contributed by atoms with Crippen LogP contribution >= 0.6 is 23.5 Å². The SMILES string of the molecule is CC1(C)CSC(=NC2CCSC2)N1. The summed E-state index contributed by atoms with van der Waals surface area (Å²) in [5.41, 5.74) is 0.245. The van der Waals surface area contributed by atoms with E-state index in [0.717, 1.165) is 10.9 Å². The Hall–Kier alpha value is 0.170. The van der Waals surface area contributed by atoms with Crippen molar-refractivity contribution in [2.45, 2.75) is 31.8 Å². The number of nitrogens with one attached hydrogen (secondary N) is 1. The van der Waals surface area contributed by atoms with Gasteiger partial charge in [-0.25, -0.2) is 0 Å². The van der Waals surface area contributed by atoms with E-state index >= 15 is 0 Å². The van der Waals surface area contributed by atoms with Crippen molar-refractivity contribution in [2.24, 2.45) is 4.99 Å². The second-order valence-electron chi connectivity index (χ2n) is 4.25. The highest BCUT2D eigenvalue weighted by Crippen LogP contribution is 2.25. The summed E-state index contributed by atoms with van der Waals surface area (Å²) in [5.74, 6) is 3.65. The lowest BCUT2D eigenvalue weighted by Crippen LogP contribution is -2.37. The van der Waals surface area contributed by atoms with Gasteiger partial charge in [-0.05, 0) is 26.0 Å². The lowest BCUT2D eigenvalue weighted by molar-refractivity contribution is 0.535. The van der Waals surface area contributed by atoms with E-state index in [4.69, 9.17) is 4.99 Å². The molecule has 0 aromatic rings. The summed E-state index contributed by atoms with van der Waals surface area (Å²) in [6.45, 7) is 4.46. The van der Waals surface area contributed by atoms with Crippen LogP contribution in [-0.2, 0) is 0 Å². The van der Waals surface area contributed by atoms with Gasteiger partial charge in [0.25, 0.3) is 0 Å². The quantitative estimate of drug-likeness (QED) is 0.725. The molecule has 0 aromatic carbocycles. The summed E-state index contributed by atoms with van der Waals surface area (Å²) < 4.78 is 0. The first-order chi connectivity index (χ1) is 6.16. The molecule has 2 fully saturated rings. The highest BCUT2D eigenvalue weighted by atomic mass is 32.2. The minimum absolute atomic E-state index is 0.245. The Kier molecular flexibility index (Phi) is 2.79. The van der Waals surface area contributed by atoms with Crippen molar-refractivity contribution in [1.82, 2.24) is 5.32 Å². The van der Waals surface area contributed by atoms with E-state index < -0.39 is 0 Å². The van der Waals surface area contributed by atoms with Gasteiger partial charge in [0.1, 0.15) is 0 Å². The summed E-state index contributed by atoms with van der Waals surface area (Å²) in [5, 5.41) is 4.63. The molecule has 2 heterocycles. The van der Waals surface area contributed by atoms with Gasteiger partial charge in [-0.15, -0.1) is 0 Å².